The zero-order chi connectivity index (χ0) is 10.6. The van der Waals surface area contributed by atoms with Crippen LogP contribution in [0.1, 0.15) is 24.3 Å². The van der Waals surface area contributed by atoms with Crippen LogP contribution in [0.25, 0.3) is 0 Å². The molecule has 0 aliphatic heterocycles. The smallest absolute Gasteiger partial charge is 0.356 e. The number of hydrogen-bond acceptors (Lipinski definition) is 4. The fourth-order valence-corrected chi connectivity index (χ4v) is 1.13. The van der Waals surface area contributed by atoms with Gasteiger partial charge < -0.3 is 10.5 Å². The van der Waals surface area contributed by atoms with Gasteiger partial charge in [-0.1, -0.05) is 0 Å². The van der Waals surface area contributed by atoms with Crippen LogP contribution >= 0.6 is 12.4 Å². The van der Waals surface area contributed by atoms with Crippen LogP contribution in [0.4, 0.5) is 0 Å². The summed E-state index contributed by atoms with van der Waals surface area (Å²) in [6, 6.07) is 1.59. The number of esters is 1. The van der Waals surface area contributed by atoms with E-state index in [4.69, 9.17) is 10.5 Å². The van der Waals surface area contributed by atoms with E-state index in [-0.39, 0.29) is 24.4 Å². The molecule has 0 amide bonds. The van der Waals surface area contributed by atoms with Gasteiger partial charge in [0.05, 0.1) is 13.2 Å². The Hall–Kier alpha value is -1.07. The van der Waals surface area contributed by atoms with Crippen molar-refractivity contribution in [3.8, 4) is 0 Å². The first-order chi connectivity index (χ1) is 6.65. The van der Waals surface area contributed by atoms with Crippen molar-refractivity contribution in [2.24, 2.45) is 5.73 Å². The molecule has 0 radical (unpaired) electrons. The third-order valence-electron chi connectivity index (χ3n) is 1.66. The SMILES string of the molecule is CCOC(=O)c1ccnn1CC(C)N.Cl. The summed E-state index contributed by atoms with van der Waals surface area (Å²) >= 11 is 0. The predicted octanol–water partition coefficient (Wildman–Crippen LogP) is 0.829. The van der Waals surface area contributed by atoms with Gasteiger partial charge in [0.2, 0.25) is 0 Å². The Morgan fingerprint density at radius 2 is 2.40 bits per heavy atom. The second-order valence-corrected chi connectivity index (χ2v) is 3.10. The van der Waals surface area contributed by atoms with E-state index >= 15 is 0 Å². The standard InChI is InChI=1S/C9H15N3O2.ClH/c1-3-14-9(13)8-4-5-11-12(8)6-7(2)10;/h4-5,7H,3,6,10H2,1-2H3;1H. The van der Waals surface area contributed by atoms with Gasteiger partial charge in [-0.3, -0.25) is 4.68 Å². The first-order valence-corrected chi connectivity index (χ1v) is 4.59. The summed E-state index contributed by atoms with van der Waals surface area (Å²) in [5, 5.41) is 4.00. The molecular weight excluding hydrogens is 218 g/mol. The van der Waals surface area contributed by atoms with E-state index in [0.29, 0.717) is 18.8 Å². The molecule has 1 unspecified atom stereocenters. The summed E-state index contributed by atoms with van der Waals surface area (Å²) in [6.07, 6.45) is 1.56. The van der Waals surface area contributed by atoms with Gasteiger partial charge in [0, 0.05) is 12.2 Å². The van der Waals surface area contributed by atoms with Crippen molar-refractivity contribution in [3.05, 3.63) is 18.0 Å². The molecule has 0 saturated carbocycles. The zero-order valence-electron chi connectivity index (χ0n) is 8.84. The highest BCUT2D eigenvalue weighted by molar-refractivity contribution is 5.87. The largest absolute Gasteiger partial charge is 0.461 e. The highest BCUT2D eigenvalue weighted by Crippen LogP contribution is 2.02. The molecule has 0 saturated heterocycles. The molecule has 1 heterocycles. The molecule has 86 valence electrons. The molecule has 0 aromatic carbocycles. The summed E-state index contributed by atoms with van der Waals surface area (Å²) in [4.78, 5) is 11.4. The van der Waals surface area contributed by atoms with E-state index in [1.807, 2.05) is 6.92 Å². The summed E-state index contributed by atoms with van der Waals surface area (Å²) in [6.45, 7) is 4.50. The van der Waals surface area contributed by atoms with E-state index in [2.05, 4.69) is 5.10 Å². The first-order valence-electron chi connectivity index (χ1n) is 4.59. The number of ether oxygens (including phenoxy) is 1. The second-order valence-electron chi connectivity index (χ2n) is 3.10. The van der Waals surface area contributed by atoms with Crippen molar-refractivity contribution in [1.82, 2.24) is 9.78 Å². The predicted molar refractivity (Wildman–Crippen MR) is 59.1 cm³/mol. The third-order valence-corrected chi connectivity index (χ3v) is 1.66. The zero-order valence-corrected chi connectivity index (χ0v) is 9.66. The molecular formula is C9H16ClN3O2. The monoisotopic (exact) mass is 233 g/mol. The van der Waals surface area contributed by atoms with Crippen LogP contribution in [-0.4, -0.2) is 28.4 Å². The van der Waals surface area contributed by atoms with Gasteiger partial charge in [0.1, 0.15) is 5.69 Å². The number of nitrogens with zero attached hydrogens (tertiary/aromatic N) is 2. The van der Waals surface area contributed by atoms with Crippen molar-refractivity contribution in [3.63, 3.8) is 0 Å². The normalized spacial score (nSPS) is 11.7. The summed E-state index contributed by atoms with van der Waals surface area (Å²) in [5.74, 6) is -0.356. The number of halogens is 1. The van der Waals surface area contributed by atoms with Gasteiger partial charge >= 0.3 is 5.97 Å². The highest BCUT2D eigenvalue weighted by Gasteiger charge is 2.13. The lowest BCUT2D eigenvalue weighted by molar-refractivity contribution is 0.0511. The van der Waals surface area contributed by atoms with E-state index < -0.39 is 0 Å². The number of nitrogens with two attached hydrogens (primary N) is 1. The molecule has 1 aromatic rings. The second kappa shape index (κ2) is 6.42. The van der Waals surface area contributed by atoms with Crippen molar-refractivity contribution in [1.29, 1.82) is 0 Å². The average molecular weight is 234 g/mol. The molecule has 1 atom stereocenters. The quantitative estimate of drug-likeness (QED) is 0.782. The number of rotatable bonds is 4. The van der Waals surface area contributed by atoms with Crippen LogP contribution in [0.5, 0.6) is 0 Å². The lowest BCUT2D eigenvalue weighted by atomic mass is 10.3. The van der Waals surface area contributed by atoms with Crippen molar-refractivity contribution < 1.29 is 9.53 Å². The molecule has 15 heavy (non-hydrogen) atoms. The van der Waals surface area contributed by atoms with Gasteiger partial charge in [-0.25, -0.2) is 4.79 Å². The van der Waals surface area contributed by atoms with E-state index in [1.54, 1.807) is 23.9 Å². The molecule has 0 bridgehead atoms. The summed E-state index contributed by atoms with van der Waals surface area (Å²) in [5.41, 5.74) is 6.06. The molecule has 0 aliphatic rings. The number of hydrogen-bond donors (Lipinski definition) is 1. The summed E-state index contributed by atoms with van der Waals surface area (Å²) < 4.78 is 6.43. The Labute approximate surface area is 95.0 Å². The molecule has 0 spiro atoms. The Balaban J connectivity index is 0.00000196. The Morgan fingerprint density at radius 1 is 1.73 bits per heavy atom. The van der Waals surface area contributed by atoms with Gasteiger partial charge in [-0.15, -0.1) is 12.4 Å². The van der Waals surface area contributed by atoms with Gasteiger partial charge in [0.15, 0.2) is 0 Å². The molecule has 6 heteroatoms. The Morgan fingerprint density at radius 3 is 2.93 bits per heavy atom. The third kappa shape index (κ3) is 3.89. The van der Waals surface area contributed by atoms with Crippen molar-refractivity contribution in [2.75, 3.05) is 6.61 Å². The molecule has 5 nitrogen and oxygen atoms in total. The molecule has 2 N–H and O–H groups in total. The van der Waals surface area contributed by atoms with E-state index in [1.165, 1.54) is 0 Å². The van der Waals surface area contributed by atoms with Gasteiger partial charge in [0.25, 0.3) is 0 Å². The minimum absolute atomic E-state index is 0. The van der Waals surface area contributed by atoms with Crippen molar-refractivity contribution in [2.45, 2.75) is 26.4 Å². The number of carbonyl (C=O) groups excluding carboxylic acids is 1. The minimum Gasteiger partial charge on any atom is -0.461 e. The van der Waals surface area contributed by atoms with Crippen LogP contribution < -0.4 is 5.73 Å². The lowest BCUT2D eigenvalue weighted by Crippen LogP contribution is -2.25. The van der Waals surface area contributed by atoms with E-state index in [9.17, 15) is 4.79 Å². The van der Waals surface area contributed by atoms with Crippen molar-refractivity contribution >= 4 is 18.4 Å². The lowest BCUT2D eigenvalue weighted by Gasteiger charge is -2.08. The fourth-order valence-electron chi connectivity index (χ4n) is 1.13. The van der Waals surface area contributed by atoms with Gasteiger partial charge in [-0.2, -0.15) is 5.10 Å². The average Bonchev–Trinajstić information content (AvgIpc) is 2.51. The number of aromatic nitrogens is 2. The molecule has 1 aromatic heterocycles. The molecule has 1 rings (SSSR count). The van der Waals surface area contributed by atoms with E-state index in [0.717, 1.165) is 0 Å². The highest BCUT2D eigenvalue weighted by atomic mass is 35.5. The van der Waals surface area contributed by atoms with Crippen LogP contribution in [0.3, 0.4) is 0 Å². The maximum atomic E-state index is 11.4. The Kier molecular flexibility index (Phi) is 5.96. The topological polar surface area (TPSA) is 70.1 Å². The Bertz CT molecular complexity index is 312. The summed E-state index contributed by atoms with van der Waals surface area (Å²) in [7, 11) is 0. The maximum absolute atomic E-state index is 11.4. The van der Waals surface area contributed by atoms with Crippen LogP contribution in [-0.2, 0) is 11.3 Å². The van der Waals surface area contributed by atoms with Gasteiger partial charge in [-0.05, 0) is 19.9 Å². The van der Waals surface area contributed by atoms with Crippen LogP contribution in [0.15, 0.2) is 12.3 Å². The molecule has 0 aliphatic carbocycles. The fraction of sp³-hybridized carbons (Fsp3) is 0.556. The first kappa shape index (κ1) is 13.9. The number of carbonyl (C=O) groups is 1. The maximum Gasteiger partial charge on any atom is 0.356 e. The molecule has 0 fully saturated rings. The van der Waals surface area contributed by atoms with Crippen LogP contribution in [0.2, 0.25) is 0 Å². The minimum atomic E-state index is -0.356. The van der Waals surface area contributed by atoms with Crippen LogP contribution in [0, 0.1) is 0 Å².